The summed E-state index contributed by atoms with van der Waals surface area (Å²) in [5.74, 6) is 0.0238. The molecule has 4 aromatic carbocycles. The highest BCUT2D eigenvalue weighted by atomic mass is 32.2. The Morgan fingerprint density at radius 1 is 0.415 bits per heavy atom. The molecule has 216 valence electrons. The normalized spacial score (nSPS) is 12.4. The highest BCUT2D eigenvalue weighted by Crippen LogP contribution is 2.31. The lowest BCUT2D eigenvalue weighted by atomic mass is 10.3. The maximum Gasteiger partial charge on any atom is 0.306 e. The van der Waals surface area contributed by atoms with Gasteiger partial charge in [0.25, 0.3) is 0 Å². The first-order valence-electron chi connectivity index (χ1n) is 11.4. The van der Waals surface area contributed by atoms with Gasteiger partial charge in [0.05, 0.1) is 32.1 Å². The van der Waals surface area contributed by atoms with Crippen LogP contribution in [-0.4, -0.2) is 46.2 Å². The van der Waals surface area contributed by atoms with Gasteiger partial charge in [-0.25, -0.2) is 16.8 Å². The fourth-order valence-corrected chi connectivity index (χ4v) is 7.07. The van der Waals surface area contributed by atoms with Gasteiger partial charge >= 0.3 is 20.2 Å². The van der Waals surface area contributed by atoms with Gasteiger partial charge in [0.15, 0.2) is 0 Å². The number of ether oxygens (including phenoxy) is 1. The average molecular weight is 639 g/mol. The second-order valence-corrected chi connectivity index (χ2v) is 15.6. The van der Waals surface area contributed by atoms with Crippen LogP contribution in [0.3, 0.4) is 0 Å². The van der Waals surface area contributed by atoms with Gasteiger partial charge in [0, 0.05) is 12.1 Å². The van der Waals surface area contributed by atoms with Crippen LogP contribution in [0.15, 0.2) is 117 Å². The molecule has 0 spiro atoms. The lowest BCUT2D eigenvalue weighted by Gasteiger charge is -2.11. The Kier molecular flexibility index (Phi) is 8.18. The summed E-state index contributed by atoms with van der Waals surface area (Å²) in [7, 11) is -15.8. The van der Waals surface area contributed by atoms with Crippen molar-refractivity contribution in [1.29, 1.82) is 0 Å². The zero-order valence-electron chi connectivity index (χ0n) is 21.4. The van der Waals surface area contributed by atoms with Gasteiger partial charge in [0.1, 0.15) is 23.0 Å². The first-order valence-corrected chi connectivity index (χ1v) is 18.0. The Balaban J connectivity index is 1.55. The molecule has 0 aliphatic heterocycles. The average Bonchev–Trinajstić information content (AvgIpc) is 2.87. The summed E-state index contributed by atoms with van der Waals surface area (Å²) < 4.78 is 113. The van der Waals surface area contributed by atoms with Gasteiger partial charge in [0.2, 0.25) is 19.7 Å². The standard InChI is InChI=1S/C26H22O11S4/c1-38(27,28)36-21-7-4-10-25(17-21)40(31,32)23-14-12-19(13-15-23)35-20-6-3-9-24(16-20)41(33,34)26-11-5-8-22(18-26)37-39(2,29)30/h3-18H,1-2H3. The van der Waals surface area contributed by atoms with Gasteiger partial charge in [-0.15, -0.1) is 0 Å². The Labute approximate surface area is 238 Å². The summed E-state index contributed by atoms with van der Waals surface area (Å²) in [6, 6.07) is 20.9. The lowest BCUT2D eigenvalue weighted by molar-refractivity contribution is 0.480. The highest BCUT2D eigenvalue weighted by molar-refractivity contribution is 7.92. The summed E-state index contributed by atoms with van der Waals surface area (Å²) in [5, 5.41) is 0. The maximum absolute atomic E-state index is 13.2. The molecule has 0 N–H and O–H groups in total. The second-order valence-electron chi connectivity index (χ2n) is 8.58. The third kappa shape index (κ3) is 7.64. The van der Waals surface area contributed by atoms with Crippen LogP contribution in [0.2, 0.25) is 0 Å². The van der Waals surface area contributed by atoms with Crippen LogP contribution in [0.1, 0.15) is 0 Å². The molecule has 0 saturated heterocycles. The topological polar surface area (TPSA) is 164 Å². The maximum atomic E-state index is 13.2. The van der Waals surface area contributed by atoms with Crippen LogP contribution >= 0.6 is 0 Å². The van der Waals surface area contributed by atoms with E-state index in [1.54, 1.807) is 0 Å². The zero-order valence-corrected chi connectivity index (χ0v) is 24.6. The molecular weight excluding hydrogens is 617 g/mol. The van der Waals surface area contributed by atoms with E-state index in [2.05, 4.69) is 0 Å². The summed E-state index contributed by atoms with van der Waals surface area (Å²) >= 11 is 0. The van der Waals surface area contributed by atoms with E-state index in [1.165, 1.54) is 84.9 Å². The molecule has 11 nitrogen and oxygen atoms in total. The van der Waals surface area contributed by atoms with Crippen molar-refractivity contribution in [3.05, 3.63) is 97.1 Å². The number of hydrogen-bond donors (Lipinski definition) is 0. The van der Waals surface area contributed by atoms with Gasteiger partial charge in [-0.1, -0.05) is 18.2 Å². The number of benzene rings is 4. The van der Waals surface area contributed by atoms with E-state index in [0.717, 1.165) is 24.6 Å². The van der Waals surface area contributed by atoms with Crippen LogP contribution in [0.25, 0.3) is 0 Å². The Hall–Kier alpha value is -3.92. The predicted molar refractivity (Wildman–Crippen MR) is 148 cm³/mol. The molecular formula is C26H22O11S4. The SMILES string of the molecule is CS(=O)(=O)Oc1cccc(S(=O)(=O)c2ccc(Oc3cccc(S(=O)(=O)c4cccc(OS(C)(=O)=O)c4)c3)cc2)c1. The minimum Gasteiger partial charge on any atom is -0.457 e. The van der Waals surface area contributed by atoms with E-state index < -0.39 is 39.9 Å². The fourth-order valence-electron chi connectivity index (χ4n) is 3.54. The molecule has 0 atom stereocenters. The van der Waals surface area contributed by atoms with Crippen molar-refractivity contribution in [2.45, 2.75) is 19.6 Å². The van der Waals surface area contributed by atoms with Gasteiger partial charge in [-0.3, -0.25) is 0 Å². The Morgan fingerprint density at radius 3 is 1.20 bits per heavy atom. The third-order valence-electron chi connectivity index (χ3n) is 5.21. The first-order chi connectivity index (χ1) is 19.0. The molecule has 0 heterocycles. The number of sulfone groups is 2. The van der Waals surface area contributed by atoms with E-state index in [0.29, 0.717) is 0 Å². The van der Waals surface area contributed by atoms with E-state index >= 15 is 0 Å². The zero-order chi connectivity index (χ0) is 30.1. The largest absolute Gasteiger partial charge is 0.457 e. The molecule has 0 aliphatic carbocycles. The summed E-state index contributed by atoms with van der Waals surface area (Å²) in [5.41, 5.74) is 0. The molecule has 4 aromatic rings. The second kappa shape index (κ2) is 11.2. The molecule has 0 bridgehead atoms. The van der Waals surface area contributed by atoms with Crippen molar-refractivity contribution in [2.75, 3.05) is 12.5 Å². The van der Waals surface area contributed by atoms with Crippen molar-refractivity contribution < 1.29 is 46.8 Å². The van der Waals surface area contributed by atoms with Crippen molar-refractivity contribution in [3.63, 3.8) is 0 Å². The molecule has 41 heavy (non-hydrogen) atoms. The van der Waals surface area contributed by atoms with Gasteiger partial charge < -0.3 is 13.1 Å². The van der Waals surface area contributed by atoms with E-state index in [9.17, 15) is 33.7 Å². The minimum atomic E-state index is -4.09. The Bertz CT molecular complexity index is 2030. The summed E-state index contributed by atoms with van der Waals surface area (Å²) in [4.78, 5) is -0.622. The monoisotopic (exact) mass is 638 g/mol. The van der Waals surface area contributed by atoms with Crippen molar-refractivity contribution in [3.8, 4) is 23.0 Å². The van der Waals surface area contributed by atoms with E-state index in [4.69, 9.17) is 13.1 Å². The first kappa shape index (κ1) is 30.0. The molecule has 0 unspecified atom stereocenters. The van der Waals surface area contributed by atoms with Crippen LogP contribution in [-0.2, 0) is 39.9 Å². The van der Waals surface area contributed by atoms with Crippen molar-refractivity contribution in [2.24, 2.45) is 0 Å². The van der Waals surface area contributed by atoms with Crippen LogP contribution in [0.5, 0.6) is 23.0 Å². The number of rotatable bonds is 10. The molecule has 0 aliphatic rings. The highest BCUT2D eigenvalue weighted by Gasteiger charge is 2.21. The molecule has 0 amide bonds. The minimum absolute atomic E-state index is 0.103. The lowest BCUT2D eigenvalue weighted by Crippen LogP contribution is -2.07. The molecule has 0 fully saturated rings. The quantitative estimate of drug-likeness (QED) is 0.232. The molecule has 0 aromatic heterocycles. The molecule has 15 heteroatoms. The van der Waals surface area contributed by atoms with Crippen molar-refractivity contribution >= 4 is 39.9 Å². The fraction of sp³-hybridized carbons (Fsp3) is 0.0769. The Morgan fingerprint density at radius 2 is 0.780 bits per heavy atom. The number of hydrogen-bond acceptors (Lipinski definition) is 11. The predicted octanol–water partition coefficient (Wildman–Crippen LogP) is 3.82. The van der Waals surface area contributed by atoms with Crippen LogP contribution in [0, 0.1) is 0 Å². The van der Waals surface area contributed by atoms with E-state index in [1.807, 2.05) is 0 Å². The van der Waals surface area contributed by atoms with E-state index in [-0.39, 0.29) is 42.6 Å². The van der Waals surface area contributed by atoms with Crippen LogP contribution in [0.4, 0.5) is 0 Å². The summed E-state index contributed by atoms with van der Waals surface area (Å²) in [6.45, 7) is 0. The van der Waals surface area contributed by atoms with Crippen LogP contribution < -0.4 is 13.1 Å². The third-order valence-corrected chi connectivity index (χ3v) is 9.72. The molecule has 0 saturated carbocycles. The van der Waals surface area contributed by atoms with Crippen molar-refractivity contribution in [1.82, 2.24) is 0 Å². The molecule has 0 radical (unpaired) electrons. The van der Waals surface area contributed by atoms with Gasteiger partial charge in [-0.05, 0) is 66.7 Å². The molecule has 4 rings (SSSR count). The smallest absolute Gasteiger partial charge is 0.306 e. The summed E-state index contributed by atoms with van der Waals surface area (Å²) in [6.07, 6.45) is 1.68. The van der Waals surface area contributed by atoms with Gasteiger partial charge in [-0.2, -0.15) is 16.8 Å².